The highest BCUT2D eigenvalue weighted by Crippen LogP contribution is 2.61. The van der Waals surface area contributed by atoms with Crippen molar-refractivity contribution >= 4 is 49.7 Å². The number of aliphatic imine (C=N–C) groups is 1. The van der Waals surface area contributed by atoms with Crippen LogP contribution in [0.2, 0.25) is 0 Å². The van der Waals surface area contributed by atoms with Crippen molar-refractivity contribution in [1.82, 2.24) is 5.32 Å². The molecule has 0 saturated heterocycles. The summed E-state index contributed by atoms with van der Waals surface area (Å²) < 4.78 is 13.3. The van der Waals surface area contributed by atoms with Crippen molar-refractivity contribution < 1.29 is 8.83 Å². The third kappa shape index (κ3) is 6.99. The van der Waals surface area contributed by atoms with E-state index in [0.717, 1.165) is 79.2 Å². The highest BCUT2D eigenvalue weighted by molar-refractivity contribution is 6.14. The molecule has 1 aliphatic heterocycles. The zero-order chi connectivity index (χ0) is 49.8. The summed E-state index contributed by atoms with van der Waals surface area (Å²) in [6.45, 7) is 4.73. The number of nitrogens with one attached hydrogen (secondary N) is 1. The van der Waals surface area contributed by atoms with Gasteiger partial charge in [-0.3, -0.25) is 4.99 Å². The number of hydrogen-bond donors (Lipinski definition) is 1. The fourth-order valence-electron chi connectivity index (χ4n) is 13.7. The topological polar surface area (TPSA) is 50.7 Å². The lowest BCUT2D eigenvalue weighted by atomic mass is 9.74. The van der Waals surface area contributed by atoms with E-state index < -0.39 is 0 Å². The molecular formula is C71H54N2O2. The molecule has 3 aliphatic rings. The summed E-state index contributed by atoms with van der Waals surface area (Å²) in [5, 5.41) is 8.50. The molecule has 0 amide bonds. The molecule has 3 heterocycles. The molecule has 6 atom stereocenters. The second-order valence-electron chi connectivity index (χ2n) is 21.3. The highest BCUT2D eigenvalue weighted by atomic mass is 16.3. The molecule has 4 heteroatoms. The van der Waals surface area contributed by atoms with Gasteiger partial charge in [-0.2, -0.15) is 0 Å². The minimum atomic E-state index is -0.0812. The molecule has 15 rings (SSSR count). The third-order valence-electron chi connectivity index (χ3n) is 17.4. The molecule has 10 aromatic carbocycles. The van der Waals surface area contributed by atoms with E-state index in [1.54, 1.807) is 0 Å². The minimum absolute atomic E-state index is 0.0174. The van der Waals surface area contributed by atoms with Gasteiger partial charge in [-0.15, -0.1) is 0 Å². The molecule has 2 aromatic heterocycles. The Balaban J connectivity index is 0.765. The number of hydrogen-bond acceptors (Lipinski definition) is 4. The average Bonchev–Trinajstić information content (AvgIpc) is 3.74. The van der Waals surface area contributed by atoms with E-state index in [1.807, 2.05) is 0 Å². The van der Waals surface area contributed by atoms with Crippen LogP contribution in [0.5, 0.6) is 0 Å². The molecule has 360 valence electrons. The van der Waals surface area contributed by atoms with Gasteiger partial charge >= 0.3 is 0 Å². The van der Waals surface area contributed by atoms with Crippen LogP contribution in [0, 0.1) is 5.92 Å². The fraction of sp³-hybridized carbons (Fsp3) is 0.141. The summed E-state index contributed by atoms with van der Waals surface area (Å²) >= 11 is 0. The molecule has 1 N–H and O–H groups in total. The zero-order valence-corrected chi connectivity index (χ0v) is 42.0. The van der Waals surface area contributed by atoms with Gasteiger partial charge in [-0.1, -0.05) is 196 Å². The van der Waals surface area contributed by atoms with Gasteiger partial charge in [0.05, 0.1) is 6.04 Å². The van der Waals surface area contributed by atoms with Crippen LogP contribution in [0.15, 0.2) is 244 Å². The predicted octanol–water partition coefficient (Wildman–Crippen LogP) is 18.2. The Morgan fingerprint density at radius 1 is 0.493 bits per heavy atom. The van der Waals surface area contributed by atoms with Crippen LogP contribution in [0.4, 0.5) is 0 Å². The Hall–Kier alpha value is -8.73. The predicted molar refractivity (Wildman–Crippen MR) is 309 cm³/mol. The summed E-state index contributed by atoms with van der Waals surface area (Å²) in [5.74, 6) is 1.79. The summed E-state index contributed by atoms with van der Waals surface area (Å²) in [5.41, 5.74) is 21.1. The van der Waals surface area contributed by atoms with Crippen LogP contribution >= 0.6 is 0 Å². The lowest BCUT2D eigenvalue weighted by Crippen LogP contribution is -2.33. The number of fused-ring (bicyclic) bond motifs is 10. The normalized spacial score (nSPS) is 20.1. The van der Waals surface area contributed by atoms with Gasteiger partial charge in [0, 0.05) is 44.5 Å². The number of furan rings is 2. The molecule has 0 radical (unpaired) electrons. The Morgan fingerprint density at radius 2 is 1.15 bits per heavy atom. The first-order chi connectivity index (χ1) is 37.0. The van der Waals surface area contributed by atoms with Crippen LogP contribution in [-0.2, 0) is 5.41 Å². The second-order valence-corrected chi connectivity index (χ2v) is 21.3. The first-order valence-corrected chi connectivity index (χ1v) is 26.8. The number of rotatable bonds is 9. The van der Waals surface area contributed by atoms with E-state index in [0.29, 0.717) is 5.92 Å². The Morgan fingerprint density at radius 3 is 1.99 bits per heavy atom. The van der Waals surface area contributed by atoms with E-state index in [4.69, 9.17) is 13.8 Å². The molecule has 6 unspecified atom stereocenters. The largest absolute Gasteiger partial charge is 0.456 e. The van der Waals surface area contributed by atoms with Crippen molar-refractivity contribution in [2.24, 2.45) is 10.9 Å². The third-order valence-corrected chi connectivity index (χ3v) is 17.4. The maximum absolute atomic E-state index is 6.69. The summed E-state index contributed by atoms with van der Waals surface area (Å²) in [7, 11) is 0. The fourth-order valence-corrected chi connectivity index (χ4v) is 13.7. The van der Waals surface area contributed by atoms with Crippen LogP contribution in [0.3, 0.4) is 0 Å². The zero-order valence-electron chi connectivity index (χ0n) is 42.0. The number of amidine groups is 1. The molecule has 1 fully saturated rings. The van der Waals surface area contributed by atoms with Gasteiger partial charge in [-0.05, 0) is 146 Å². The van der Waals surface area contributed by atoms with Crippen molar-refractivity contribution in [1.29, 1.82) is 0 Å². The highest BCUT2D eigenvalue weighted by Gasteiger charge is 2.63. The summed E-state index contributed by atoms with van der Waals surface area (Å²) in [6, 6.07) is 84.6. The van der Waals surface area contributed by atoms with Gasteiger partial charge in [0.25, 0.3) is 0 Å². The van der Waals surface area contributed by atoms with E-state index in [2.05, 4.69) is 250 Å². The van der Waals surface area contributed by atoms with Crippen LogP contribution < -0.4 is 5.32 Å². The van der Waals surface area contributed by atoms with Crippen molar-refractivity contribution in [3.63, 3.8) is 0 Å². The van der Waals surface area contributed by atoms with Gasteiger partial charge in [-0.25, -0.2) is 0 Å². The van der Waals surface area contributed by atoms with Crippen LogP contribution in [0.1, 0.15) is 77.9 Å². The quantitative estimate of drug-likeness (QED) is 0.157. The van der Waals surface area contributed by atoms with Gasteiger partial charge < -0.3 is 14.2 Å². The van der Waals surface area contributed by atoms with Gasteiger partial charge in [0.1, 0.15) is 28.2 Å². The van der Waals surface area contributed by atoms with E-state index in [1.165, 1.54) is 61.2 Å². The van der Waals surface area contributed by atoms with Crippen molar-refractivity contribution in [3.05, 3.63) is 264 Å². The maximum Gasteiger partial charge on any atom is 0.136 e. The van der Waals surface area contributed by atoms with Crippen molar-refractivity contribution in [2.75, 3.05) is 0 Å². The molecule has 2 aliphatic carbocycles. The monoisotopic (exact) mass is 966 g/mol. The second kappa shape index (κ2) is 17.2. The molecule has 12 aromatic rings. The molecule has 4 nitrogen and oxygen atoms in total. The maximum atomic E-state index is 6.69. The SMILES string of the molecule is CCC1C(c2ccccc2)N=C(c2ccccc2)NC2CC21c1cccc(-c2cccc3oc4ccc(-c5ccc6c(c5)oc5ccc(C(C)C7c8ccccc8-c8cc(-c9ccccc9)ccc87)cc56)cc4c23)c1. The van der Waals surface area contributed by atoms with E-state index in [-0.39, 0.29) is 29.3 Å². The van der Waals surface area contributed by atoms with Gasteiger partial charge in [0.15, 0.2) is 0 Å². The van der Waals surface area contributed by atoms with Crippen molar-refractivity contribution in [3.8, 4) is 44.5 Å². The lowest BCUT2D eigenvalue weighted by Gasteiger charge is -2.32. The summed E-state index contributed by atoms with van der Waals surface area (Å²) in [4.78, 5) is 5.56. The molecule has 0 bridgehead atoms. The number of benzene rings is 10. The Bertz CT molecular complexity index is 4230. The summed E-state index contributed by atoms with van der Waals surface area (Å²) in [6.07, 6.45) is 2.07. The van der Waals surface area contributed by atoms with Crippen LogP contribution in [0.25, 0.3) is 88.4 Å². The number of nitrogens with zero attached hydrogens (tertiary/aromatic N) is 1. The van der Waals surface area contributed by atoms with Gasteiger partial charge in [0.2, 0.25) is 0 Å². The Kier molecular flexibility index (Phi) is 10.0. The minimum Gasteiger partial charge on any atom is -0.456 e. The molecule has 0 spiro atoms. The smallest absolute Gasteiger partial charge is 0.136 e. The molecule has 1 saturated carbocycles. The standard InChI is InChI=1S/C71H54N2O2/c1-3-61-69(45-19-9-5-10-20-45)73-70(46-21-11-6-12-22-46)72-66-42-71(61,66)52-24-15-23-51(37-52)53-27-16-28-64-68(53)60-40-49(32-36-63(60)74-64)50-29-33-55-59-38-47(31-35-62(59)75-65(55)41-50)43(2)67-56-26-14-13-25-54(56)58-39-48(30-34-57(58)67)44-17-7-4-8-18-44/h4-41,43,61,66-67,69H,3,42H2,1-2H3,(H,72,73). The first-order valence-electron chi connectivity index (χ1n) is 26.8. The first kappa shape index (κ1) is 43.8. The Labute approximate surface area is 437 Å². The van der Waals surface area contributed by atoms with E-state index >= 15 is 0 Å². The molecule has 75 heavy (non-hydrogen) atoms. The average molecular weight is 967 g/mol. The lowest BCUT2D eigenvalue weighted by molar-refractivity contribution is 0.324. The van der Waals surface area contributed by atoms with Crippen molar-refractivity contribution in [2.45, 2.75) is 56.0 Å². The van der Waals surface area contributed by atoms with E-state index in [9.17, 15) is 0 Å². The molecular weight excluding hydrogens is 913 g/mol. The van der Waals surface area contributed by atoms with Crippen LogP contribution in [-0.4, -0.2) is 11.9 Å².